The number of carboxylic acids is 1. The van der Waals surface area contributed by atoms with Crippen molar-refractivity contribution in [1.29, 1.82) is 0 Å². The Morgan fingerprint density at radius 3 is 2.52 bits per heavy atom. The van der Waals surface area contributed by atoms with E-state index in [2.05, 4.69) is 4.98 Å². The van der Waals surface area contributed by atoms with Crippen molar-refractivity contribution in [2.75, 3.05) is 21.3 Å². The standard InChI is InChI=1S/C14H15NO5S/c1-18-7-9-12(14(16)17)21-13(15-9)8-4-5-10(19-2)11(6-8)20-3/h4-6H,7H2,1-3H3,(H,16,17). The molecule has 0 aliphatic rings. The maximum absolute atomic E-state index is 11.2. The van der Waals surface area contributed by atoms with Crippen molar-refractivity contribution in [3.05, 3.63) is 28.8 Å². The molecule has 0 atom stereocenters. The van der Waals surface area contributed by atoms with Crippen LogP contribution < -0.4 is 9.47 Å². The highest BCUT2D eigenvalue weighted by atomic mass is 32.1. The molecule has 2 rings (SSSR count). The molecule has 112 valence electrons. The average molecular weight is 309 g/mol. The summed E-state index contributed by atoms with van der Waals surface area (Å²) < 4.78 is 15.4. The van der Waals surface area contributed by atoms with E-state index >= 15 is 0 Å². The molecule has 1 aromatic carbocycles. The molecular weight excluding hydrogens is 294 g/mol. The lowest BCUT2D eigenvalue weighted by atomic mass is 10.2. The molecule has 0 saturated heterocycles. The van der Waals surface area contributed by atoms with Crippen LogP contribution in [0, 0.1) is 0 Å². The van der Waals surface area contributed by atoms with Crippen molar-refractivity contribution in [2.45, 2.75) is 6.61 Å². The van der Waals surface area contributed by atoms with Gasteiger partial charge in [-0.3, -0.25) is 0 Å². The molecule has 2 aromatic rings. The molecular formula is C14H15NO5S. The molecule has 21 heavy (non-hydrogen) atoms. The number of aromatic nitrogens is 1. The van der Waals surface area contributed by atoms with Gasteiger partial charge in [0.1, 0.15) is 9.88 Å². The molecule has 1 N–H and O–H groups in total. The van der Waals surface area contributed by atoms with E-state index in [0.29, 0.717) is 22.2 Å². The van der Waals surface area contributed by atoms with Gasteiger partial charge in [-0.2, -0.15) is 0 Å². The third-order valence-corrected chi connectivity index (χ3v) is 3.94. The van der Waals surface area contributed by atoms with Crippen LogP contribution in [-0.4, -0.2) is 37.4 Å². The summed E-state index contributed by atoms with van der Waals surface area (Å²) in [7, 11) is 4.60. The van der Waals surface area contributed by atoms with E-state index < -0.39 is 5.97 Å². The summed E-state index contributed by atoms with van der Waals surface area (Å²) in [6, 6.07) is 5.33. The Labute approximate surface area is 125 Å². The molecule has 0 aliphatic heterocycles. The maximum atomic E-state index is 11.2. The van der Waals surface area contributed by atoms with E-state index in [0.717, 1.165) is 16.9 Å². The first-order chi connectivity index (χ1) is 10.1. The van der Waals surface area contributed by atoms with Crippen LogP contribution in [0.25, 0.3) is 10.6 Å². The van der Waals surface area contributed by atoms with E-state index in [1.165, 1.54) is 7.11 Å². The first-order valence-electron chi connectivity index (χ1n) is 6.05. The lowest BCUT2D eigenvalue weighted by Crippen LogP contribution is -1.99. The molecule has 0 unspecified atom stereocenters. The van der Waals surface area contributed by atoms with E-state index in [-0.39, 0.29) is 11.5 Å². The third-order valence-electron chi connectivity index (χ3n) is 2.80. The molecule has 6 nitrogen and oxygen atoms in total. The van der Waals surface area contributed by atoms with Gasteiger partial charge in [-0.1, -0.05) is 0 Å². The Balaban J connectivity index is 2.46. The van der Waals surface area contributed by atoms with Crippen molar-refractivity contribution in [3.63, 3.8) is 0 Å². The second-order valence-corrected chi connectivity index (χ2v) is 5.10. The Kier molecular flexibility index (Phi) is 4.77. The fourth-order valence-corrected chi connectivity index (χ4v) is 2.75. The predicted octanol–water partition coefficient (Wildman–Crippen LogP) is 2.67. The Hall–Kier alpha value is -2.12. The smallest absolute Gasteiger partial charge is 0.347 e. The van der Waals surface area contributed by atoms with Crippen LogP contribution in [0.1, 0.15) is 15.4 Å². The number of hydrogen-bond donors (Lipinski definition) is 1. The maximum Gasteiger partial charge on any atom is 0.347 e. The summed E-state index contributed by atoms with van der Waals surface area (Å²) in [5.41, 5.74) is 1.18. The molecule has 0 aliphatic carbocycles. The first kappa shape index (κ1) is 15.3. The van der Waals surface area contributed by atoms with Crippen molar-refractivity contribution in [2.24, 2.45) is 0 Å². The van der Waals surface area contributed by atoms with Gasteiger partial charge in [-0.15, -0.1) is 11.3 Å². The highest BCUT2D eigenvalue weighted by Gasteiger charge is 2.18. The minimum absolute atomic E-state index is 0.158. The second-order valence-electron chi connectivity index (χ2n) is 4.10. The van der Waals surface area contributed by atoms with E-state index in [4.69, 9.17) is 14.2 Å². The second kappa shape index (κ2) is 6.55. The van der Waals surface area contributed by atoms with Crippen LogP contribution >= 0.6 is 11.3 Å². The largest absolute Gasteiger partial charge is 0.493 e. The molecule has 0 bridgehead atoms. The van der Waals surface area contributed by atoms with Gasteiger partial charge in [0, 0.05) is 12.7 Å². The molecule has 1 aromatic heterocycles. The van der Waals surface area contributed by atoms with Gasteiger partial charge in [0.15, 0.2) is 11.5 Å². The van der Waals surface area contributed by atoms with Crippen molar-refractivity contribution < 1.29 is 24.1 Å². The van der Waals surface area contributed by atoms with Crippen LogP contribution in [0.2, 0.25) is 0 Å². The average Bonchev–Trinajstić information content (AvgIpc) is 2.91. The highest BCUT2D eigenvalue weighted by molar-refractivity contribution is 7.17. The predicted molar refractivity (Wildman–Crippen MR) is 78.3 cm³/mol. The number of carbonyl (C=O) groups is 1. The summed E-state index contributed by atoms with van der Waals surface area (Å²) in [5, 5.41) is 9.80. The summed E-state index contributed by atoms with van der Waals surface area (Å²) in [4.78, 5) is 15.8. The summed E-state index contributed by atoms with van der Waals surface area (Å²) >= 11 is 1.11. The summed E-state index contributed by atoms with van der Waals surface area (Å²) in [6.07, 6.45) is 0. The third kappa shape index (κ3) is 3.14. The zero-order chi connectivity index (χ0) is 15.4. The van der Waals surface area contributed by atoms with Gasteiger partial charge in [0.25, 0.3) is 0 Å². The van der Waals surface area contributed by atoms with Crippen LogP contribution in [0.4, 0.5) is 0 Å². The zero-order valence-electron chi connectivity index (χ0n) is 11.9. The van der Waals surface area contributed by atoms with Gasteiger partial charge in [-0.25, -0.2) is 9.78 Å². The normalized spacial score (nSPS) is 10.4. The number of ether oxygens (including phenoxy) is 3. The van der Waals surface area contributed by atoms with Crippen LogP contribution in [0.15, 0.2) is 18.2 Å². The Morgan fingerprint density at radius 2 is 1.95 bits per heavy atom. The van der Waals surface area contributed by atoms with Gasteiger partial charge in [-0.05, 0) is 18.2 Å². The van der Waals surface area contributed by atoms with E-state index in [1.54, 1.807) is 26.4 Å². The fraction of sp³-hybridized carbons (Fsp3) is 0.286. The van der Waals surface area contributed by atoms with E-state index in [1.807, 2.05) is 6.07 Å². The number of hydrogen-bond acceptors (Lipinski definition) is 6. The molecule has 0 saturated carbocycles. The zero-order valence-corrected chi connectivity index (χ0v) is 12.7. The Morgan fingerprint density at radius 1 is 1.24 bits per heavy atom. The molecule has 0 radical (unpaired) electrons. The van der Waals surface area contributed by atoms with Crippen molar-refractivity contribution in [3.8, 4) is 22.1 Å². The molecule has 1 heterocycles. The minimum atomic E-state index is -1.01. The van der Waals surface area contributed by atoms with Gasteiger partial charge < -0.3 is 19.3 Å². The number of thiazole rings is 1. The molecule has 0 spiro atoms. The highest BCUT2D eigenvalue weighted by Crippen LogP contribution is 2.35. The van der Waals surface area contributed by atoms with Gasteiger partial charge in [0.2, 0.25) is 0 Å². The molecule has 7 heteroatoms. The lowest BCUT2D eigenvalue weighted by molar-refractivity contribution is 0.0697. The quantitative estimate of drug-likeness (QED) is 0.884. The van der Waals surface area contributed by atoms with Gasteiger partial charge >= 0.3 is 5.97 Å². The van der Waals surface area contributed by atoms with Crippen LogP contribution in [0.3, 0.4) is 0 Å². The summed E-state index contributed by atoms with van der Waals surface area (Å²) in [5.74, 6) is 0.162. The lowest BCUT2D eigenvalue weighted by Gasteiger charge is -2.08. The number of carboxylic acid groups (broad SMARTS) is 1. The number of benzene rings is 1. The summed E-state index contributed by atoms with van der Waals surface area (Å²) in [6.45, 7) is 0.158. The fourth-order valence-electron chi connectivity index (χ4n) is 1.85. The Bertz CT molecular complexity index is 653. The van der Waals surface area contributed by atoms with Gasteiger partial charge in [0.05, 0.1) is 26.5 Å². The molecule has 0 fully saturated rings. The minimum Gasteiger partial charge on any atom is -0.493 e. The number of rotatable bonds is 6. The SMILES string of the molecule is COCc1nc(-c2ccc(OC)c(OC)c2)sc1C(=O)O. The van der Waals surface area contributed by atoms with Crippen LogP contribution in [0.5, 0.6) is 11.5 Å². The number of aromatic carboxylic acids is 1. The topological polar surface area (TPSA) is 77.9 Å². The number of nitrogens with zero attached hydrogens (tertiary/aromatic N) is 1. The van der Waals surface area contributed by atoms with Crippen LogP contribution in [-0.2, 0) is 11.3 Å². The van der Waals surface area contributed by atoms with E-state index in [9.17, 15) is 9.90 Å². The van der Waals surface area contributed by atoms with Crippen molar-refractivity contribution in [1.82, 2.24) is 4.98 Å². The molecule has 0 amide bonds. The van der Waals surface area contributed by atoms with Crippen molar-refractivity contribution >= 4 is 17.3 Å². The monoisotopic (exact) mass is 309 g/mol. The first-order valence-corrected chi connectivity index (χ1v) is 6.86. The number of methoxy groups -OCH3 is 3.